The van der Waals surface area contributed by atoms with E-state index in [2.05, 4.69) is 11.3 Å². The molecule has 0 aromatic heterocycles. The summed E-state index contributed by atoms with van der Waals surface area (Å²) >= 11 is 0. The Labute approximate surface area is 53.3 Å². The van der Waals surface area contributed by atoms with E-state index in [-0.39, 0.29) is 5.97 Å². The second kappa shape index (κ2) is 2.64. The third-order valence-electron chi connectivity index (χ3n) is 1.07. The summed E-state index contributed by atoms with van der Waals surface area (Å²) in [6.45, 7) is 4.25. The van der Waals surface area contributed by atoms with Crippen LogP contribution in [0.3, 0.4) is 0 Å². The van der Waals surface area contributed by atoms with Crippen molar-refractivity contribution in [2.75, 3.05) is 13.2 Å². The highest BCUT2D eigenvalue weighted by atomic mass is 16.6. The molecule has 3 nitrogen and oxygen atoms in total. The van der Waals surface area contributed by atoms with Gasteiger partial charge in [0.25, 0.3) is 0 Å². The summed E-state index contributed by atoms with van der Waals surface area (Å²) in [5.74, 6) is -0.337. The topological polar surface area (TPSA) is 35.5 Å². The van der Waals surface area contributed by atoms with E-state index in [4.69, 9.17) is 4.74 Å². The Morgan fingerprint density at radius 2 is 2.44 bits per heavy atom. The zero-order chi connectivity index (χ0) is 6.69. The van der Waals surface area contributed by atoms with Crippen LogP contribution in [0.1, 0.15) is 0 Å². The van der Waals surface area contributed by atoms with Gasteiger partial charge in [0.15, 0.2) is 6.10 Å². The lowest BCUT2D eigenvalue weighted by atomic mass is 10.3. The molecular weight excluding hydrogens is 120 g/mol. The van der Waals surface area contributed by atoms with E-state index in [0.29, 0.717) is 13.2 Å². The van der Waals surface area contributed by atoms with Gasteiger partial charge in [0.1, 0.15) is 6.61 Å². The van der Waals surface area contributed by atoms with Crippen molar-refractivity contribution in [3.8, 4) is 0 Å². The normalized spacial score (nSPS) is 27.1. The highest BCUT2D eigenvalue weighted by molar-refractivity contribution is 5.77. The van der Waals surface area contributed by atoms with Crippen LogP contribution in [0.4, 0.5) is 0 Å². The third-order valence-corrected chi connectivity index (χ3v) is 1.07. The van der Waals surface area contributed by atoms with E-state index < -0.39 is 6.10 Å². The summed E-state index contributed by atoms with van der Waals surface area (Å²) in [6, 6.07) is 0. The van der Waals surface area contributed by atoms with Crippen LogP contribution in [0.15, 0.2) is 12.7 Å². The van der Waals surface area contributed by atoms with Gasteiger partial charge in [-0.15, -0.1) is 0 Å². The summed E-state index contributed by atoms with van der Waals surface area (Å²) in [6.07, 6.45) is 0.889. The zero-order valence-corrected chi connectivity index (χ0v) is 5.00. The van der Waals surface area contributed by atoms with E-state index >= 15 is 0 Å². The molecule has 0 radical (unpaired) electrons. The average molecular weight is 128 g/mol. The Kier molecular flexibility index (Phi) is 1.85. The van der Waals surface area contributed by atoms with Gasteiger partial charge < -0.3 is 9.47 Å². The second-order valence-corrected chi connectivity index (χ2v) is 1.69. The number of hydrogen-bond acceptors (Lipinski definition) is 3. The van der Waals surface area contributed by atoms with Crippen molar-refractivity contribution in [2.24, 2.45) is 0 Å². The molecule has 1 fully saturated rings. The van der Waals surface area contributed by atoms with Gasteiger partial charge in [-0.25, -0.2) is 4.79 Å². The number of rotatable bonds is 1. The van der Waals surface area contributed by atoms with Crippen LogP contribution in [0.5, 0.6) is 0 Å². The van der Waals surface area contributed by atoms with E-state index in [9.17, 15) is 4.79 Å². The van der Waals surface area contributed by atoms with Crippen LogP contribution in [-0.2, 0) is 14.3 Å². The minimum Gasteiger partial charge on any atom is -0.461 e. The molecule has 1 rings (SSSR count). The van der Waals surface area contributed by atoms with Crippen molar-refractivity contribution in [2.45, 2.75) is 6.10 Å². The van der Waals surface area contributed by atoms with E-state index in [0.717, 1.165) is 0 Å². The van der Waals surface area contributed by atoms with Gasteiger partial charge >= 0.3 is 5.97 Å². The molecule has 0 aromatic rings. The molecule has 1 atom stereocenters. The van der Waals surface area contributed by atoms with Crippen LogP contribution in [0, 0.1) is 0 Å². The molecule has 0 aromatic carbocycles. The number of carbonyl (C=O) groups is 1. The van der Waals surface area contributed by atoms with Crippen LogP contribution in [0.2, 0.25) is 0 Å². The largest absolute Gasteiger partial charge is 0.461 e. The number of cyclic esters (lactones) is 1. The summed E-state index contributed by atoms with van der Waals surface area (Å²) in [4.78, 5) is 10.6. The molecule has 0 N–H and O–H groups in total. The maximum Gasteiger partial charge on any atom is 0.339 e. The molecule has 3 heteroatoms. The van der Waals surface area contributed by atoms with Crippen molar-refractivity contribution in [3.05, 3.63) is 12.7 Å². The van der Waals surface area contributed by atoms with Gasteiger partial charge in [0, 0.05) is 0 Å². The molecule has 0 aliphatic carbocycles. The molecule has 0 spiro atoms. The maximum absolute atomic E-state index is 10.6. The maximum atomic E-state index is 10.6. The quantitative estimate of drug-likeness (QED) is 0.371. The summed E-state index contributed by atoms with van der Waals surface area (Å²) < 4.78 is 9.59. The van der Waals surface area contributed by atoms with Crippen molar-refractivity contribution >= 4 is 5.97 Å². The monoisotopic (exact) mass is 128 g/mol. The van der Waals surface area contributed by atoms with Crippen LogP contribution >= 0.6 is 0 Å². The van der Waals surface area contributed by atoms with Crippen LogP contribution in [-0.4, -0.2) is 25.3 Å². The van der Waals surface area contributed by atoms with Crippen LogP contribution in [0.25, 0.3) is 0 Å². The molecule has 0 amide bonds. The highest BCUT2D eigenvalue weighted by Crippen LogP contribution is 2.02. The molecular formula is C6H8O3. The molecule has 9 heavy (non-hydrogen) atoms. The SMILES string of the molecule is C=CC1OCCOC1=O. The van der Waals surface area contributed by atoms with Crippen molar-refractivity contribution < 1.29 is 14.3 Å². The lowest BCUT2D eigenvalue weighted by molar-refractivity contribution is -0.166. The fourth-order valence-corrected chi connectivity index (χ4v) is 0.632. The molecule has 1 aliphatic rings. The second-order valence-electron chi connectivity index (χ2n) is 1.69. The Morgan fingerprint density at radius 3 is 2.89 bits per heavy atom. The number of ether oxygens (including phenoxy) is 2. The Morgan fingerprint density at radius 1 is 1.67 bits per heavy atom. The molecule has 1 aliphatic heterocycles. The van der Waals surface area contributed by atoms with E-state index in [1.807, 2.05) is 0 Å². The van der Waals surface area contributed by atoms with Gasteiger partial charge in [0.2, 0.25) is 0 Å². The fraction of sp³-hybridized carbons (Fsp3) is 0.500. The number of carbonyl (C=O) groups excluding carboxylic acids is 1. The van der Waals surface area contributed by atoms with Crippen molar-refractivity contribution in [1.29, 1.82) is 0 Å². The predicted molar refractivity (Wildman–Crippen MR) is 30.9 cm³/mol. The summed E-state index contributed by atoms with van der Waals surface area (Å²) in [7, 11) is 0. The molecule has 1 unspecified atom stereocenters. The minimum atomic E-state index is -0.543. The van der Waals surface area contributed by atoms with Crippen molar-refractivity contribution in [3.63, 3.8) is 0 Å². The zero-order valence-electron chi connectivity index (χ0n) is 5.00. The van der Waals surface area contributed by atoms with Gasteiger partial charge in [-0.05, 0) is 0 Å². The third kappa shape index (κ3) is 1.29. The molecule has 0 saturated carbocycles. The summed E-state index contributed by atoms with van der Waals surface area (Å²) in [5.41, 5.74) is 0. The summed E-state index contributed by atoms with van der Waals surface area (Å²) in [5, 5.41) is 0. The molecule has 1 heterocycles. The Hall–Kier alpha value is -0.830. The van der Waals surface area contributed by atoms with Gasteiger partial charge in [-0.2, -0.15) is 0 Å². The first-order valence-electron chi connectivity index (χ1n) is 2.75. The number of hydrogen-bond donors (Lipinski definition) is 0. The van der Waals surface area contributed by atoms with Gasteiger partial charge in [-0.3, -0.25) is 0 Å². The Balaban J connectivity index is 2.48. The molecule has 0 bridgehead atoms. The first kappa shape index (κ1) is 6.29. The van der Waals surface area contributed by atoms with E-state index in [1.165, 1.54) is 6.08 Å². The minimum absolute atomic E-state index is 0.337. The Bertz CT molecular complexity index is 130. The smallest absolute Gasteiger partial charge is 0.339 e. The lowest BCUT2D eigenvalue weighted by Crippen LogP contribution is -2.32. The first-order chi connectivity index (χ1) is 4.34. The van der Waals surface area contributed by atoms with Crippen LogP contribution < -0.4 is 0 Å². The van der Waals surface area contributed by atoms with E-state index in [1.54, 1.807) is 0 Å². The average Bonchev–Trinajstić information content (AvgIpc) is 1.89. The highest BCUT2D eigenvalue weighted by Gasteiger charge is 2.20. The first-order valence-corrected chi connectivity index (χ1v) is 2.75. The molecule has 1 saturated heterocycles. The lowest BCUT2D eigenvalue weighted by Gasteiger charge is -2.17. The molecule has 50 valence electrons. The standard InChI is InChI=1S/C6H8O3/c1-2-5-6(7)9-4-3-8-5/h2,5H,1,3-4H2. The van der Waals surface area contributed by atoms with Crippen molar-refractivity contribution in [1.82, 2.24) is 0 Å². The predicted octanol–water partition coefficient (Wildman–Crippen LogP) is 0.114. The van der Waals surface area contributed by atoms with Gasteiger partial charge in [0.05, 0.1) is 6.61 Å². The fourth-order valence-electron chi connectivity index (χ4n) is 0.632. The number of esters is 1. The van der Waals surface area contributed by atoms with Gasteiger partial charge in [-0.1, -0.05) is 12.7 Å².